The van der Waals surface area contributed by atoms with Crippen LogP contribution in [0.15, 0.2) is 218 Å². The van der Waals surface area contributed by atoms with Crippen molar-refractivity contribution < 1.29 is 0 Å². The Bertz CT molecular complexity index is 3790. The van der Waals surface area contributed by atoms with Gasteiger partial charge in [-0.1, -0.05) is 152 Å². The van der Waals surface area contributed by atoms with Crippen molar-refractivity contribution in [3.63, 3.8) is 0 Å². The summed E-state index contributed by atoms with van der Waals surface area (Å²) in [5.41, 5.74) is 14.4. The summed E-state index contributed by atoms with van der Waals surface area (Å²) in [5, 5.41) is 17.0. The molecule has 65 heavy (non-hydrogen) atoms. The molecule has 0 saturated carbocycles. The number of nitriles is 1. The van der Waals surface area contributed by atoms with Crippen molar-refractivity contribution in [2.45, 2.75) is 0 Å². The van der Waals surface area contributed by atoms with E-state index in [1.807, 2.05) is 54.6 Å². The van der Waals surface area contributed by atoms with Crippen LogP contribution in [0.1, 0.15) is 5.56 Å². The zero-order valence-corrected chi connectivity index (χ0v) is 35.0. The molecule has 13 aromatic rings. The van der Waals surface area contributed by atoms with Gasteiger partial charge in [0.2, 0.25) is 0 Å². The maximum Gasteiger partial charge on any atom is 0.160 e. The molecule has 0 fully saturated rings. The second kappa shape index (κ2) is 14.5. The molecular formula is C59H36N6. The van der Waals surface area contributed by atoms with Gasteiger partial charge in [-0.2, -0.15) is 5.26 Å². The number of aromatic nitrogens is 5. The van der Waals surface area contributed by atoms with E-state index in [-0.39, 0.29) is 0 Å². The van der Waals surface area contributed by atoms with E-state index >= 15 is 0 Å². The molecule has 0 aliphatic carbocycles. The molecule has 6 heteroatoms. The molecule has 0 atom stereocenters. The zero-order chi connectivity index (χ0) is 43.0. The SMILES string of the molecule is N#Cc1cccc(-c2cc(-c3cc(-n4c5ccccc5c5ccccc54)c(-n4c5ccccc5c5ccccc54)c(-n4c5ccccc5c5ccccc54)c3)nc(-c3ccccc3)n2)c1. The van der Waals surface area contributed by atoms with Gasteiger partial charge in [0.25, 0.3) is 0 Å². The monoisotopic (exact) mass is 828 g/mol. The number of fused-ring (bicyclic) bond motifs is 9. The molecule has 13 rings (SSSR count). The molecule has 0 radical (unpaired) electrons. The van der Waals surface area contributed by atoms with Crippen LogP contribution in [0, 0.1) is 11.3 Å². The molecule has 4 aromatic heterocycles. The third-order valence-corrected chi connectivity index (χ3v) is 12.9. The van der Waals surface area contributed by atoms with Crippen LogP contribution in [0.25, 0.3) is 116 Å². The topological polar surface area (TPSA) is 64.4 Å². The van der Waals surface area contributed by atoms with E-state index < -0.39 is 0 Å². The minimum atomic E-state index is 0.571. The Kier molecular flexibility index (Phi) is 8.17. The fourth-order valence-electron chi connectivity index (χ4n) is 10.1. The Hall–Kier alpha value is -9.05. The minimum Gasteiger partial charge on any atom is -0.307 e. The highest BCUT2D eigenvalue weighted by Crippen LogP contribution is 2.45. The summed E-state index contributed by atoms with van der Waals surface area (Å²) < 4.78 is 7.36. The highest BCUT2D eigenvalue weighted by molar-refractivity contribution is 6.14. The van der Waals surface area contributed by atoms with Gasteiger partial charge in [0.15, 0.2) is 5.82 Å². The van der Waals surface area contributed by atoms with Gasteiger partial charge in [0, 0.05) is 49.0 Å². The maximum absolute atomic E-state index is 9.96. The summed E-state index contributed by atoms with van der Waals surface area (Å²) in [6, 6.07) is 79.2. The van der Waals surface area contributed by atoms with Crippen molar-refractivity contribution in [2.75, 3.05) is 0 Å². The average Bonchev–Trinajstić information content (AvgIpc) is 4.02. The maximum atomic E-state index is 9.96. The molecule has 0 N–H and O–H groups in total. The lowest BCUT2D eigenvalue weighted by atomic mass is 10.0. The molecule has 0 amide bonds. The molecule has 9 aromatic carbocycles. The predicted molar refractivity (Wildman–Crippen MR) is 266 cm³/mol. The molecule has 0 spiro atoms. The lowest BCUT2D eigenvalue weighted by molar-refractivity contribution is 1.05. The summed E-state index contributed by atoms with van der Waals surface area (Å²) in [6.45, 7) is 0. The van der Waals surface area contributed by atoms with Crippen LogP contribution in [-0.4, -0.2) is 23.7 Å². The second-order valence-corrected chi connectivity index (χ2v) is 16.5. The lowest BCUT2D eigenvalue weighted by Crippen LogP contribution is -2.10. The minimum absolute atomic E-state index is 0.571. The molecule has 302 valence electrons. The van der Waals surface area contributed by atoms with Crippen molar-refractivity contribution >= 4 is 65.4 Å². The molecule has 0 bridgehead atoms. The van der Waals surface area contributed by atoms with Gasteiger partial charge >= 0.3 is 0 Å². The normalized spacial score (nSPS) is 11.7. The summed E-state index contributed by atoms with van der Waals surface area (Å²) in [4.78, 5) is 10.6. The van der Waals surface area contributed by atoms with E-state index in [4.69, 9.17) is 9.97 Å². The van der Waals surface area contributed by atoms with E-state index in [1.54, 1.807) is 0 Å². The summed E-state index contributed by atoms with van der Waals surface area (Å²) >= 11 is 0. The van der Waals surface area contributed by atoms with Crippen molar-refractivity contribution in [3.05, 3.63) is 224 Å². The van der Waals surface area contributed by atoms with Gasteiger partial charge in [-0.3, -0.25) is 0 Å². The van der Waals surface area contributed by atoms with Crippen LogP contribution < -0.4 is 0 Å². The number of nitrogens with zero attached hydrogens (tertiary/aromatic N) is 6. The Labute approximate surface area is 373 Å². The van der Waals surface area contributed by atoms with E-state index in [9.17, 15) is 5.26 Å². The largest absolute Gasteiger partial charge is 0.307 e. The van der Waals surface area contributed by atoms with Crippen LogP contribution in [0.3, 0.4) is 0 Å². The van der Waals surface area contributed by atoms with Gasteiger partial charge in [-0.15, -0.1) is 0 Å². The molecular weight excluding hydrogens is 793 g/mol. The Morgan fingerprint density at radius 1 is 0.323 bits per heavy atom. The second-order valence-electron chi connectivity index (χ2n) is 16.5. The van der Waals surface area contributed by atoms with Crippen LogP contribution in [-0.2, 0) is 0 Å². The number of hydrogen-bond acceptors (Lipinski definition) is 3. The first-order valence-electron chi connectivity index (χ1n) is 21.8. The quantitative estimate of drug-likeness (QED) is 0.168. The first-order chi connectivity index (χ1) is 32.2. The lowest BCUT2D eigenvalue weighted by Gasteiger charge is -2.23. The average molecular weight is 829 g/mol. The van der Waals surface area contributed by atoms with E-state index in [2.05, 4.69) is 184 Å². The first-order valence-corrected chi connectivity index (χ1v) is 21.8. The van der Waals surface area contributed by atoms with E-state index in [1.165, 1.54) is 32.3 Å². The van der Waals surface area contributed by atoms with E-state index in [0.717, 1.165) is 78.2 Å². The highest BCUT2D eigenvalue weighted by Gasteiger charge is 2.26. The fraction of sp³-hybridized carbons (Fsp3) is 0. The number of hydrogen-bond donors (Lipinski definition) is 0. The molecule has 0 aliphatic rings. The van der Waals surface area contributed by atoms with Crippen molar-refractivity contribution in [1.82, 2.24) is 23.7 Å². The molecule has 6 nitrogen and oxygen atoms in total. The molecule has 4 heterocycles. The van der Waals surface area contributed by atoms with Gasteiger partial charge in [0.05, 0.1) is 73.2 Å². The van der Waals surface area contributed by atoms with Gasteiger partial charge in [0.1, 0.15) is 0 Å². The van der Waals surface area contributed by atoms with Crippen molar-refractivity contribution in [3.8, 4) is 57.0 Å². The number of benzene rings is 9. The zero-order valence-electron chi connectivity index (χ0n) is 35.0. The number of para-hydroxylation sites is 6. The van der Waals surface area contributed by atoms with Gasteiger partial charge in [-0.05, 0) is 66.7 Å². The smallest absolute Gasteiger partial charge is 0.160 e. The van der Waals surface area contributed by atoms with Crippen LogP contribution in [0.4, 0.5) is 0 Å². The van der Waals surface area contributed by atoms with Crippen LogP contribution >= 0.6 is 0 Å². The van der Waals surface area contributed by atoms with Crippen LogP contribution in [0.5, 0.6) is 0 Å². The standard InChI is InChI=1S/C59H36N6/c60-37-38-17-16-20-40(33-38)48-36-49(62-59(61-48)39-18-2-1-3-19-39)41-34-56(63-50-27-10-4-21-42(50)43-22-5-11-28-51(43)63)58(65-54-31-14-8-25-46(54)47-26-9-15-32-55(47)65)57(35-41)64-52-29-12-6-23-44(52)45-24-7-13-30-53(45)64/h1-36H. The highest BCUT2D eigenvalue weighted by atomic mass is 15.1. The first kappa shape index (κ1) is 36.6. The fourth-order valence-corrected chi connectivity index (χ4v) is 10.1. The Morgan fingerprint density at radius 2 is 0.692 bits per heavy atom. The molecule has 0 unspecified atom stereocenters. The predicted octanol–water partition coefficient (Wildman–Crippen LogP) is 14.6. The molecule has 0 saturated heterocycles. The Balaban J connectivity index is 1.26. The van der Waals surface area contributed by atoms with Gasteiger partial charge in [-0.25, -0.2) is 9.97 Å². The van der Waals surface area contributed by atoms with E-state index in [0.29, 0.717) is 11.4 Å². The third kappa shape index (κ3) is 5.66. The molecule has 0 aliphatic heterocycles. The van der Waals surface area contributed by atoms with Crippen LogP contribution in [0.2, 0.25) is 0 Å². The van der Waals surface area contributed by atoms with Gasteiger partial charge < -0.3 is 13.7 Å². The summed E-state index contributed by atoms with van der Waals surface area (Å²) in [5.74, 6) is 0.601. The third-order valence-electron chi connectivity index (χ3n) is 12.9. The number of rotatable bonds is 6. The summed E-state index contributed by atoms with van der Waals surface area (Å²) in [6.07, 6.45) is 0. The summed E-state index contributed by atoms with van der Waals surface area (Å²) in [7, 11) is 0. The van der Waals surface area contributed by atoms with Crippen molar-refractivity contribution in [2.24, 2.45) is 0 Å². The Morgan fingerprint density at radius 3 is 1.12 bits per heavy atom. The van der Waals surface area contributed by atoms with Crippen molar-refractivity contribution in [1.29, 1.82) is 5.26 Å².